The average Bonchev–Trinajstić information content (AvgIpc) is 1.79. The smallest absolute Gasteiger partial charge is 0.0246 e. The van der Waals surface area contributed by atoms with Crippen LogP contribution < -0.4 is 5.73 Å². The Kier molecular flexibility index (Phi) is 4.74. The molecule has 1 aliphatic carbocycles. The lowest BCUT2D eigenvalue weighted by molar-refractivity contribution is 0.283. The van der Waals surface area contributed by atoms with Crippen molar-refractivity contribution in [3.8, 4) is 0 Å². The molecule has 1 nitrogen and oxygen atoms in total. The highest BCUT2D eigenvalue weighted by molar-refractivity contribution is 7.99. The summed E-state index contributed by atoms with van der Waals surface area (Å²) in [6.07, 6.45) is 3.85. The van der Waals surface area contributed by atoms with Crippen LogP contribution in [0.5, 0.6) is 0 Å². The Hall–Kier alpha value is 0.600. The minimum atomic E-state index is 0. The summed E-state index contributed by atoms with van der Waals surface area (Å²) in [5, 5.41) is 0. The molecule has 0 amide bonds. The predicted molar refractivity (Wildman–Crippen MR) is 51.0 cm³/mol. The molecule has 0 aromatic rings. The Bertz CT molecular complexity index is 93.6. The van der Waals surface area contributed by atoms with Gasteiger partial charge in [-0.15, -0.1) is 12.4 Å². The van der Waals surface area contributed by atoms with Gasteiger partial charge >= 0.3 is 0 Å². The number of thioether (sulfide) groups is 1. The van der Waals surface area contributed by atoms with E-state index in [-0.39, 0.29) is 17.9 Å². The topological polar surface area (TPSA) is 26.0 Å². The molecule has 3 heteroatoms. The quantitative estimate of drug-likeness (QED) is 0.722. The second-order valence-corrected chi connectivity index (χ2v) is 4.13. The van der Waals surface area contributed by atoms with Crippen molar-refractivity contribution in [2.45, 2.75) is 31.7 Å². The van der Waals surface area contributed by atoms with E-state index in [1.807, 2.05) is 11.8 Å². The molecule has 0 aromatic carbocycles. The van der Waals surface area contributed by atoms with Gasteiger partial charge in [0.25, 0.3) is 0 Å². The molecule has 62 valence electrons. The number of rotatable bonds is 3. The van der Waals surface area contributed by atoms with Crippen LogP contribution in [0.2, 0.25) is 0 Å². The Morgan fingerprint density at radius 2 is 2.10 bits per heavy atom. The van der Waals surface area contributed by atoms with E-state index in [0.29, 0.717) is 0 Å². The first-order chi connectivity index (χ1) is 4.27. The van der Waals surface area contributed by atoms with E-state index < -0.39 is 0 Å². The molecule has 0 aliphatic heterocycles. The fourth-order valence-electron chi connectivity index (χ4n) is 1.08. The second kappa shape index (κ2) is 4.47. The van der Waals surface area contributed by atoms with Gasteiger partial charge in [0.2, 0.25) is 0 Å². The SMILES string of the molecule is CCSCC1(N)CCC1.Cl. The van der Waals surface area contributed by atoms with Crippen LogP contribution >= 0.6 is 24.2 Å². The Labute approximate surface area is 73.5 Å². The fourth-order valence-corrected chi connectivity index (χ4v) is 1.98. The largest absolute Gasteiger partial charge is 0.324 e. The molecule has 1 aliphatic rings. The first-order valence-corrected chi connectivity index (χ1v) is 4.79. The fraction of sp³-hybridized carbons (Fsp3) is 1.00. The lowest BCUT2D eigenvalue weighted by Crippen LogP contribution is -2.48. The van der Waals surface area contributed by atoms with E-state index >= 15 is 0 Å². The van der Waals surface area contributed by atoms with Crippen molar-refractivity contribution < 1.29 is 0 Å². The van der Waals surface area contributed by atoms with E-state index in [1.165, 1.54) is 30.8 Å². The highest BCUT2D eigenvalue weighted by Crippen LogP contribution is 2.31. The van der Waals surface area contributed by atoms with Gasteiger partial charge in [0.05, 0.1) is 0 Å². The summed E-state index contributed by atoms with van der Waals surface area (Å²) in [5.41, 5.74) is 6.20. The molecule has 1 rings (SSSR count). The summed E-state index contributed by atoms with van der Waals surface area (Å²) in [7, 11) is 0. The summed E-state index contributed by atoms with van der Waals surface area (Å²) in [6.45, 7) is 2.19. The summed E-state index contributed by atoms with van der Waals surface area (Å²) in [5.74, 6) is 2.38. The van der Waals surface area contributed by atoms with Crippen molar-refractivity contribution >= 4 is 24.2 Å². The van der Waals surface area contributed by atoms with Crippen LogP contribution in [0.3, 0.4) is 0 Å². The monoisotopic (exact) mass is 181 g/mol. The lowest BCUT2D eigenvalue weighted by Gasteiger charge is -2.37. The van der Waals surface area contributed by atoms with Crippen LogP contribution in [0.25, 0.3) is 0 Å². The third-order valence-corrected chi connectivity index (χ3v) is 3.13. The van der Waals surface area contributed by atoms with Gasteiger partial charge in [-0.25, -0.2) is 0 Å². The molecule has 0 unspecified atom stereocenters. The van der Waals surface area contributed by atoms with Crippen molar-refractivity contribution in [1.29, 1.82) is 0 Å². The molecule has 1 saturated carbocycles. The van der Waals surface area contributed by atoms with Crippen LogP contribution in [0, 0.1) is 0 Å². The summed E-state index contributed by atoms with van der Waals surface area (Å²) in [4.78, 5) is 0. The molecule has 10 heavy (non-hydrogen) atoms. The third-order valence-electron chi connectivity index (χ3n) is 1.94. The zero-order chi connectivity index (χ0) is 6.74. The lowest BCUT2D eigenvalue weighted by atomic mass is 9.79. The standard InChI is InChI=1S/C7H15NS.ClH/c1-2-9-6-7(8)4-3-5-7;/h2-6,8H2,1H3;1H. The maximum absolute atomic E-state index is 5.97. The minimum absolute atomic E-state index is 0. The van der Waals surface area contributed by atoms with E-state index in [4.69, 9.17) is 5.73 Å². The Morgan fingerprint density at radius 1 is 1.50 bits per heavy atom. The molecule has 0 bridgehead atoms. The molecule has 1 fully saturated rings. The maximum Gasteiger partial charge on any atom is 0.0246 e. The number of halogens is 1. The predicted octanol–water partition coefficient (Wildman–Crippen LogP) is 2.04. The molecule has 2 N–H and O–H groups in total. The van der Waals surface area contributed by atoms with Crippen molar-refractivity contribution in [3.05, 3.63) is 0 Å². The summed E-state index contributed by atoms with van der Waals surface area (Å²) in [6, 6.07) is 0. The van der Waals surface area contributed by atoms with E-state index in [1.54, 1.807) is 0 Å². The van der Waals surface area contributed by atoms with Gasteiger partial charge in [-0.1, -0.05) is 6.92 Å². The maximum atomic E-state index is 5.97. The van der Waals surface area contributed by atoms with Gasteiger partial charge in [0.1, 0.15) is 0 Å². The van der Waals surface area contributed by atoms with Crippen molar-refractivity contribution in [2.24, 2.45) is 5.73 Å². The minimum Gasteiger partial charge on any atom is -0.324 e. The summed E-state index contributed by atoms with van der Waals surface area (Å²) < 4.78 is 0. The van der Waals surface area contributed by atoms with E-state index in [0.717, 1.165) is 0 Å². The molecule has 0 aromatic heterocycles. The van der Waals surface area contributed by atoms with Gasteiger partial charge in [-0.2, -0.15) is 11.8 Å². The molecular formula is C7H16ClNS. The van der Waals surface area contributed by atoms with Crippen LogP contribution in [0.15, 0.2) is 0 Å². The third kappa shape index (κ3) is 2.69. The van der Waals surface area contributed by atoms with Crippen LogP contribution in [-0.4, -0.2) is 17.0 Å². The van der Waals surface area contributed by atoms with Gasteiger partial charge < -0.3 is 5.73 Å². The first-order valence-electron chi connectivity index (χ1n) is 3.63. The molecule has 0 radical (unpaired) electrons. The van der Waals surface area contributed by atoms with Crippen LogP contribution in [-0.2, 0) is 0 Å². The molecular weight excluding hydrogens is 166 g/mol. The first kappa shape index (κ1) is 10.6. The molecule has 0 saturated heterocycles. The average molecular weight is 182 g/mol. The van der Waals surface area contributed by atoms with Crippen LogP contribution in [0.4, 0.5) is 0 Å². The Morgan fingerprint density at radius 3 is 2.40 bits per heavy atom. The van der Waals surface area contributed by atoms with Gasteiger partial charge in [0, 0.05) is 11.3 Å². The van der Waals surface area contributed by atoms with Gasteiger partial charge in [0.15, 0.2) is 0 Å². The Balaban J connectivity index is 0.000000810. The zero-order valence-corrected chi connectivity index (χ0v) is 8.06. The number of nitrogens with two attached hydrogens (primary N) is 1. The van der Waals surface area contributed by atoms with Gasteiger partial charge in [-0.05, 0) is 25.0 Å². The van der Waals surface area contributed by atoms with Crippen molar-refractivity contribution in [3.63, 3.8) is 0 Å². The summed E-state index contributed by atoms with van der Waals surface area (Å²) >= 11 is 1.97. The number of hydrogen-bond acceptors (Lipinski definition) is 2. The number of hydrogen-bond donors (Lipinski definition) is 1. The highest BCUT2D eigenvalue weighted by Gasteiger charge is 2.31. The van der Waals surface area contributed by atoms with E-state index in [9.17, 15) is 0 Å². The molecule has 0 spiro atoms. The van der Waals surface area contributed by atoms with Crippen molar-refractivity contribution in [1.82, 2.24) is 0 Å². The highest BCUT2D eigenvalue weighted by atomic mass is 35.5. The molecule has 0 atom stereocenters. The van der Waals surface area contributed by atoms with Crippen molar-refractivity contribution in [2.75, 3.05) is 11.5 Å². The normalized spacial score (nSPS) is 21.0. The van der Waals surface area contributed by atoms with Gasteiger partial charge in [-0.3, -0.25) is 0 Å². The van der Waals surface area contributed by atoms with E-state index in [2.05, 4.69) is 6.92 Å². The second-order valence-electron chi connectivity index (χ2n) is 2.85. The zero-order valence-electron chi connectivity index (χ0n) is 6.43. The molecule has 0 heterocycles. The van der Waals surface area contributed by atoms with Crippen LogP contribution in [0.1, 0.15) is 26.2 Å².